The van der Waals surface area contributed by atoms with Gasteiger partial charge in [0.05, 0.1) is 0 Å². The molecule has 0 saturated heterocycles. The van der Waals surface area contributed by atoms with Crippen molar-refractivity contribution in [2.24, 2.45) is 0 Å². The molecular weight excluding hydrogens is 220 g/mol. The lowest BCUT2D eigenvalue weighted by molar-refractivity contribution is 0.0690. The predicted molar refractivity (Wildman–Crippen MR) is 63.1 cm³/mol. The SMILES string of the molecule is O=C(O)c1coc(NCCC2=CCCCC2)n1. The molecule has 0 atom stereocenters. The summed E-state index contributed by atoms with van der Waals surface area (Å²) in [5.41, 5.74) is 1.40. The van der Waals surface area contributed by atoms with Gasteiger partial charge in [0.1, 0.15) is 6.26 Å². The molecule has 0 bridgehead atoms. The van der Waals surface area contributed by atoms with Crippen molar-refractivity contribution >= 4 is 12.0 Å². The molecular formula is C12H16N2O3. The third kappa shape index (κ3) is 3.34. The summed E-state index contributed by atoms with van der Waals surface area (Å²) in [7, 11) is 0. The zero-order valence-corrected chi connectivity index (χ0v) is 9.61. The smallest absolute Gasteiger partial charge is 0.357 e. The summed E-state index contributed by atoms with van der Waals surface area (Å²) in [4.78, 5) is 14.4. The summed E-state index contributed by atoms with van der Waals surface area (Å²) in [5, 5.41) is 11.7. The molecule has 92 valence electrons. The summed E-state index contributed by atoms with van der Waals surface area (Å²) in [6, 6.07) is 0.277. The number of nitrogens with zero attached hydrogens (tertiary/aromatic N) is 1. The van der Waals surface area contributed by atoms with Gasteiger partial charge in [0.15, 0.2) is 5.69 Å². The number of carbonyl (C=O) groups is 1. The van der Waals surface area contributed by atoms with E-state index in [-0.39, 0.29) is 11.7 Å². The first-order valence-electron chi connectivity index (χ1n) is 5.86. The van der Waals surface area contributed by atoms with Crippen molar-refractivity contribution in [2.45, 2.75) is 32.1 Å². The van der Waals surface area contributed by atoms with Crippen LogP contribution in [0.3, 0.4) is 0 Å². The van der Waals surface area contributed by atoms with Crippen LogP contribution in [0.1, 0.15) is 42.6 Å². The van der Waals surface area contributed by atoms with E-state index in [0.29, 0.717) is 0 Å². The average Bonchev–Trinajstić information content (AvgIpc) is 2.79. The molecule has 2 N–H and O–H groups in total. The first-order chi connectivity index (χ1) is 8.25. The van der Waals surface area contributed by atoms with Crippen LogP contribution in [0, 0.1) is 0 Å². The lowest BCUT2D eigenvalue weighted by atomic mass is 9.97. The number of nitrogens with one attached hydrogen (secondary N) is 1. The Balaban J connectivity index is 1.77. The highest BCUT2D eigenvalue weighted by molar-refractivity contribution is 5.85. The van der Waals surface area contributed by atoms with E-state index in [2.05, 4.69) is 16.4 Å². The van der Waals surface area contributed by atoms with Gasteiger partial charge in [-0.25, -0.2) is 4.79 Å². The van der Waals surface area contributed by atoms with E-state index >= 15 is 0 Å². The van der Waals surface area contributed by atoms with Gasteiger partial charge in [-0.3, -0.25) is 0 Å². The fraction of sp³-hybridized carbons (Fsp3) is 0.500. The van der Waals surface area contributed by atoms with E-state index in [1.54, 1.807) is 0 Å². The van der Waals surface area contributed by atoms with Gasteiger partial charge in [-0.2, -0.15) is 4.98 Å². The Bertz CT molecular complexity index is 423. The molecule has 5 nitrogen and oxygen atoms in total. The third-order valence-electron chi connectivity index (χ3n) is 2.83. The van der Waals surface area contributed by atoms with Crippen LogP contribution in [0.25, 0.3) is 0 Å². The number of carboxylic acids is 1. The second kappa shape index (κ2) is 5.52. The molecule has 0 amide bonds. The number of aromatic nitrogens is 1. The van der Waals surface area contributed by atoms with E-state index in [1.165, 1.54) is 31.3 Å². The van der Waals surface area contributed by atoms with Gasteiger partial charge in [0.25, 0.3) is 6.01 Å². The molecule has 17 heavy (non-hydrogen) atoms. The van der Waals surface area contributed by atoms with Crippen LogP contribution in [-0.2, 0) is 0 Å². The van der Waals surface area contributed by atoms with Gasteiger partial charge in [-0.05, 0) is 32.1 Å². The quantitative estimate of drug-likeness (QED) is 0.769. The number of hydrogen-bond donors (Lipinski definition) is 2. The van der Waals surface area contributed by atoms with Crippen molar-refractivity contribution in [3.63, 3.8) is 0 Å². The van der Waals surface area contributed by atoms with Gasteiger partial charge in [0, 0.05) is 6.54 Å². The second-order valence-corrected chi connectivity index (χ2v) is 4.13. The standard InChI is InChI=1S/C12H16N2O3/c15-11(16)10-8-17-12(14-10)13-7-6-9-4-2-1-3-5-9/h4,8H,1-3,5-7H2,(H,13,14)(H,15,16). The van der Waals surface area contributed by atoms with Crippen LogP contribution >= 0.6 is 0 Å². The van der Waals surface area contributed by atoms with Crippen molar-refractivity contribution in [1.82, 2.24) is 4.98 Å². The second-order valence-electron chi connectivity index (χ2n) is 4.13. The Morgan fingerprint density at radius 2 is 2.41 bits per heavy atom. The number of allylic oxidation sites excluding steroid dienone is 1. The summed E-state index contributed by atoms with van der Waals surface area (Å²) in [6.07, 6.45) is 9.32. The van der Waals surface area contributed by atoms with E-state index in [1.807, 2.05) is 0 Å². The summed E-state index contributed by atoms with van der Waals surface area (Å²) in [5.74, 6) is -1.07. The van der Waals surface area contributed by atoms with Crippen LogP contribution in [-0.4, -0.2) is 22.6 Å². The fourth-order valence-electron chi connectivity index (χ4n) is 1.91. The van der Waals surface area contributed by atoms with Gasteiger partial charge >= 0.3 is 5.97 Å². The molecule has 1 aliphatic rings. The maximum atomic E-state index is 10.6. The van der Waals surface area contributed by atoms with E-state index in [9.17, 15) is 4.79 Å². The van der Waals surface area contributed by atoms with Crippen LogP contribution in [0.5, 0.6) is 0 Å². The zero-order chi connectivity index (χ0) is 12.1. The third-order valence-corrected chi connectivity index (χ3v) is 2.83. The first kappa shape index (κ1) is 11.7. The molecule has 0 spiro atoms. The van der Waals surface area contributed by atoms with Gasteiger partial charge in [-0.1, -0.05) is 11.6 Å². The Kier molecular flexibility index (Phi) is 3.80. The topological polar surface area (TPSA) is 75.4 Å². The van der Waals surface area contributed by atoms with E-state index < -0.39 is 5.97 Å². The zero-order valence-electron chi connectivity index (χ0n) is 9.61. The summed E-state index contributed by atoms with van der Waals surface area (Å²) >= 11 is 0. The largest absolute Gasteiger partial charge is 0.476 e. The summed E-state index contributed by atoms with van der Waals surface area (Å²) < 4.78 is 4.99. The normalized spacial score (nSPS) is 15.4. The Labute approximate surface area is 99.5 Å². The van der Waals surface area contributed by atoms with Gasteiger partial charge in [0.2, 0.25) is 0 Å². The maximum Gasteiger partial charge on any atom is 0.357 e. The molecule has 1 aromatic heterocycles. The molecule has 5 heteroatoms. The molecule has 0 radical (unpaired) electrons. The number of aromatic carboxylic acids is 1. The molecule has 1 aromatic rings. The van der Waals surface area contributed by atoms with Crippen molar-refractivity contribution in [2.75, 3.05) is 11.9 Å². The molecule has 0 unspecified atom stereocenters. The lowest BCUT2D eigenvalue weighted by Gasteiger charge is -2.12. The Morgan fingerprint density at radius 1 is 1.53 bits per heavy atom. The number of rotatable bonds is 5. The highest BCUT2D eigenvalue weighted by Gasteiger charge is 2.10. The van der Waals surface area contributed by atoms with E-state index in [0.717, 1.165) is 19.2 Å². The monoisotopic (exact) mass is 236 g/mol. The van der Waals surface area contributed by atoms with Crippen LogP contribution in [0.2, 0.25) is 0 Å². The van der Waals surface area contributed by atoms with Crippen molar-refractivity contribution in [3.8, 4) is 0 Å². The maximum absolute atomic E-state index is 10.6. The molecule has 0 aromatic carbocycles. The number of hydrogen-bond acceptors (Lipinski definition) is 4. The fourth-order valence-corrected chi connectivity index (χ4v) is 1.91. The minimum Gasteiger partial charge on any atom is -0.476 e. The van der Waals surface area contributed by atoms with Crippen molar-refractivity contribution in [1.29, 1.82) is 0 Å². The highest BCUT2D eigenvalue weighted by Crippen LogP contribution is 2.20. The molecule has 1 heterocycles. The first-order valence-corrected chi connectivity index (χ1v) is 5.86. The van der Waals surface area contributed by atoms with Gasteiger partial charge < -0.3 is 14.8 Å². The minimum absolute atomic E-state index is 0.0654. The molecule has 2 rings (SSSR count). The minimum atomic E-state index is -1.07. The average molecular weight is 236 g/mol. The molecule has 0 fully saturated rings. The summed E-state index contributed by atoms with van der Waals surface area (Å²) in [6.45, 7) is 0.728. The molecule has 0 saturated carbocycles. The van der Waals surface area contributed by atoms with Crippen LogP contribution < -0.4 is 5.32 Å². The number of oxazole rings is 1. The Hall–Kier alpha value is -1.78. The highest BCUT2D eigenvalue weighted by atomic mass is 16.4. The van der Waals surface area contributed by atoms with E-state index in [4.69, 9.17) is 9.52 Å². The lowest BCUT2D eigenvalue weighted by Crippen LogP contribution is -2.05. The molecule has 1 aliphatic carbocycles. The van der Waals surface area contributed by atoms with Crippen LogP contribution in [0.4, 0.5) is 6.01 Å². The van der Waals surface area contributed by atoms with Crippen molar-refractivity contribution in [3.05, 3.63) is 23.6 Å². The van der Waals surface area contributed by atoms with Crippen LogP contribution in [0.15, 0.2) is 22.3 Å². The number of anilines is 1. The Morgan fingerprint density at radius 3 is 3.06 bits per heavy atom. The molecule has 0 aliphatic heterocycles. The van der Waals surface area contributed by atoms with Gasteiger partial charge in [-0.15, -0.1) is 0 Å². The van der Waals surface area contributed by atoms with Crippen molar-refractivity contribution < 1.29 is 14.3 Å². The predicted octanol–water partition coefficient (Wildman–Crippen LogP) is 2.68. The number of carboxylic acid groups (broad SMARTS) is 1.